The maximum atomic E-state index is 14.3. The second-order valence-corrected chi connectivity index (χ2v) is 37.3. The lowest BCUT2D eigenvalue weighted by molar-refractivity contribution is -0.135. The molecule has 17 rings (SSSR count). The number of rotatable bonds is 34. The first-order valence-electron chi connectivity index (χ1n) is 47.6. The van der Waals surface area contributed by atoms with Gasteiger partial charge in [0.2, 0.25) is 0 Å². The molecule has 3 amide bonds. The molecule has 0 N–H and O–H groups in total. The predicted octanol–water partition coefficient (Wildman–Crippen LogP) is 14.8. The average Bonchev–Trinajstić information content (AvgIpc) is 0.808. The summed E-state index contributed by atoms with van der Waals surface area (Å²) in [5.41, 5.74) is 2.45. The van der Waals surface area contributed by atoms with Crippen molar-refractivity contribution in [2.75, 3.05) is 138 Å². The first kappa shape index (κ1) is 104. The Morgan fingerprint density at radius 3 is 1.00 bits per heavy atom. The van der Waals surface area contributed by atoms with Gasteiger partial charge in [-0.1, -0.05) is 77.3 Å². The smallest absolute Gasteiger partial charge is 0.396 e. The van der Waals surface area contributed by atoms with E-state index < -0.39 is 23.9 Å². The van der Waals surface area contributed by atoms with Crippen LogP contribution < -0.4 is 45.1 Å². The molecule has 4 saturated heterocycles. The zero-order chi connectivity index (χ0) is 102. The van der Waals surface area contributed by atoms with Crippen LogP contribution in [0.2, 0.25) is 15.1 Å². The number of carbonyl (C=O) groups excluding carboxylic acids is 6. The van der Waals surface area contributed by atoms with E-state index >= 15 is 0 Å². The van der Waals surface area contributed by atoms with Crippen molar-refractivity contribution >= 4 is 103 Å². The summed E-state index contributed by atoms with van der Waals surface area (Å²) < 4.78 is 80.7. The lowest BCUT2D eigenvalue weighted by Gasteiger charge is -2.35. The molecule has 0 unspecified atom stereocenters. The van der Waals surface area contributed by atoms with Crippen molar-refractivity contribution in [2.24, 2.45) is 0 Å². The summed E-state index contributed by atoms with van der Waals surface area (Å²) in [4.78, 5) is 156. The summed E-state index contributed by atoms with van der Waals surface area (Å²) in [7, 11) is 0. The van der Waals surface area contributed by atoms with Crippen LogP contribution in [-0.4, -0.2) is 275 Å². The largest absolute Gasteiger partial charge is 0.489 e. The van der Waals surface area contributed by atoms with Crippen molar-refractivity contribution in [3.05, 3.63) is 312 Å². The molecule has 4 aromatic heterocycles. The maximum absolute atomic E-state index is 14.3. The molecule has 13 aromatic rings. The third kappa shape index (κ3) is 27.5. The molecule has 0 radical (unpaired) electrons. The molecule has 0 aliphatic carbocycles. The highest BCUT2D eigenvalue weighted by Crippen LogP contribution is 2.34. The molecule has 144 heavy (non-hydrogen) atoms. The van der Waals surface area contributed by atoms with Gasteiger partial charge < -0.3 is 47.7 Å². The minimum absolute atomic E-state index is 0.0197. The molecule has 8 heterocycles. The average molecular weight is 2030 g/mol. The van der Waals surface area contributed by atoms with Gasteiger partial charge in [0, 0.05) is 155 Å². The van der Waals surface area contributed by atoms with E-state index in [9.17, 15) is 56.3 Å². The summed E-state index contributed by atoms with van der Waals surface area (Å²) in [6, 6.07) is 56.2. The number of halogens is 6. The third-order valence-corrected chi connectivity index (χ3v) is 25.2. The van der Waals surface area contributed by atoms with Crippen LogP contribution in [0.5, 0.6) is 34.5 Å². The minimum atomic E-state index is -4.69. The third-order valence-electron chi connectivity index (χ3n) is 24.5. The molecule has 4 aliphatic rings. The first-order valence-corrected chi connectivity index (χ1v) is 48.7. The number of alkyl halides is 3. The number of nitrogens with zero attached hydrogens (tertiary/aromatic N) is 16. The number of aromatic nitrogens is 8. The Morgan fingerprint density at radius 1 is 0.389 bits per heavy atom. The number of Topliss-reactive ketones (excluding diaryl/α,β-unsaturated/α-hetero) is 3. The number of carbonyl (C=O) groups is 6. The van der Waals surface area contributed by atoms with E-state index in [1.807, 2.05) is 69.0 Å². The van der Waals surface area contributed by atoms with Gasteiger partial charge in [-0.15, -0.1) is 6.58 Å². The van der Waals surface area contributed by atoms with E-state index in [1.165, 1.54) is 22.8 Å². The zero-order valence-corrected chi connectivity index (χ0v) is 83.0. The standard InChI is InChI=1S/C39H45ClN6O5.C35H35ClN6O5.C33H32ClF3N4O5/c1-4-15-42-16-18-43(19-17-42)25-35(47)29-9-14-36(51-28(2)3)34(24-29)46-37(41-33-8-6-5-7-32(33)39(46)49)26-44-20-22-45(23-21-44)38(48)27-50-31-12-10-30(40)11-13-31;1-24(2)47-32-12-7-25(31(43)20-40-14-13-37-23-40)19-30(32)42-33(38-29-6-4-3-5-28(29)35(42)45)21-39-15-17-41(18-16-39)34(44)22-46-27-10-8-26(36)9-11-27;1-21(2)46-29-12-7-22(28(42)18-33(35,36)37)17-27(29)41-30(38-26-6-4-3-5-25(26)32(41)44)19-39-13-15-40(16-14-39)31(43)20-45-24-10-8-23(34)9-11-24/h4-14,24,28H,1,15-23,25-27H2,2-3H3;3-14,19,23-24H,15-18,20-22H2,1-2H3;3-12,17,21H,13-16,18-20H2,1-2H3. The molecule has 31 nitrogen and oxygen atoms in total. The van der Waals surface area contributed by atoms with Gasteiger partial charge in [-0.3, -0.25) is 81.4 Å². The van der Waals surface area contributed by atoms with Crippen molar-refractivity contribution in [2.45, 2.75) is 98.6 Å². The SMILES string of the molecule is C=CCN1CCN(CC(=O)c2ccc(OC(C)C)c(-n3c(CN4CCN(C(=O)COc5ccc(Cl)cc5)CC4)nc4ccccc4c3=O)c2)CC1.CC(C)Oc1ccc(C(=O)CC(F)(F)F)cc1-n1c(CN2CCN(C(=O)COc3ccc(Cl)cc3)CC2)nc2ccccc2c1=O.CC(C)Oc1ccc(C(=O)Cn2ccnc2)cc1-n1c(CN2CCN(C(=O)COc3ccc(Cl)cc3)CC2)nc2ccccc2c1=O. The quantitative estimate of drug-likeness (QED) is 0.0267. The molecule has 9 aromatic carbocycles. The Bertz CT molecular complexity index is 6940. The minimum Gasteiger partial charge on any atom is -0.489 e. The van der Waals surface area contributed by atoms with Crippen molar-refractivity contribution in [1.82, 2.24) is 77.4 Å². The molecule has 0 atom stereocenters. The second-order valence-electron chi connectivity index (χ2n) is 36.0. The maximum Gasteiger partial charge on any atom is 0.396 e. The predicted molar refractivity (Wildman–Crippen MR) is 545 cm³/mol. The molecule has 0 bridgehead atoms. The van der Waals surface area contributed by atoms with Crippen molar-refractivity contribution < 1.29 is 70.4 Å². The fourth-order valence-electron chi connectivity index (χ4n) is 17.2. The van der Waals surface area contributed by atoms with Gasteiger partial charge in [0.25, 0.3) is 34.4 Å². The van der Waals surface area contributed by atoms with Crippen LogP contribution in [0.25, 0.3) is 49.8 Å². The van der Waals surface area contributed by atoms with E-state index in [1.54, 1.807) is 213 Å². The van der Waals surface area contributed by atoms with E-state index in [-0.39, 0.29) is 115 Å². The van der Waals surface area contributed by atoms with Crippen LogP contribution in [-0.2, 0) is 40.6 Å². The number of ether oxygens (including phenoxy) is 6. The van der Waals surface area contributed by atoms with Gasteiger partial charge in [0.05, 0.1) is 107 Å². The van der Waals surface area contributed by atoms with Crippen LogP contribution in [0.15, 0.2) is 246 Å². The number of imidazole rings is 1. The number of piperazine rings is 4. The monoisotopic (exact) mass is 2020 g/mol. The van der Waals surface area contributed by atoms with E-state index in [4.69, 9.17) is 78.2 Å². The normalized spacial score (nSPS) is 14.6. The van der Waals surface area contributed by atoms with E-state index in [2.05, 4.69) is 31.2 Å². The fourth-order valence-corrected chi connectivity index (χ4v) is 17.5. The van der Waals surface area contributed by atoms with Gasteiger partial charge in [0.15, 0.2) is 37.2 Å². The van der Waals surface area contributed by atoms with Crippen molar-refractivity contribution in [1.29, 1.82) is 0 Å². The van der Waals surface area contributed by atoms with E-state index in [0.717, 1.165) is 32.7 Å². The first-order chi connectivity index (χ1) is 69.3. The van der Waals surface area contributed by atoms with Gasteiger partial charge in [-0.25, -0.2) is 19.9 Å². The summed E-state index contributed by atoms with van der Waals surface area (Å²) >= 11 is 17.8. The van der Waals surface area contributed by atoms with Crippen LogP contribution in [0.1, 0.15) is 96.5 Å². The molecule has 752 valence electrons. The topological polar surface area (TPSA) is 306 Å². The molecule has 37 heteroatoms. The molecule has 0 saturated carbocycles. The molecule has 4 fully saturated rings. The Kier molecular flexibility index (Phi) is 35.1. The van der Waals surface area contributed by atoms with Gasteiger partial charge in [-0.05, 0) is 205 Å². The fraction of sp³-hybridized carbons (Fsp3) is 0.336. The highest BCUT2D eigenvalue weighted by atomic mass is 35.5. The highest BCUT2D eigenvalue weighted by Gasteiger charge is 2.35. The number of amides is 3. The van der Waals surface area contributed by atoms with E-state index in [0.29, 0.717) is 208 Å². The number of ketones is 3. The second kappa shape index (κ2) is 48.4. The summed E-state index contributed by atoms with van der Waals surface area (Å²) in [6.07, 6.45) is -0.168. The molecule has 0 spiro atoms. The number of benzene rings is 9. The van der Waals surface area contributed by atoms with Gasteiger partial charge in [0.1, 0.15) is 58.4 Å². The molecular weight excluding hydrogens is 1910 g/mol. The van der Waals surface area contributed by atoms with Crippen LogP contribution in [0.4, 0.5) is 13.2 Å². The molecular formula is C107H112Cl3F3N16O15. The summed E-state index contributed by atoms with van der Waals surface area (Å²) in [6.45, 7) is 26.4. The number of hydrogen-bond acceptors (Lipinski definition) is 24. The number of fused-ring (bicyclic) bond motifs is 3. The summed E-state index contributed by atoms with van der Waals surface area (Å²) in [5.74, 6) is 2.56. The van der Waals surface area contributed by atoms with Gasteiger partial charge >= 0.3 is 6.18 Å². The van der Waals surface area contributed by atoms with Crippen LogP contribution in [0, 0.1) is 0 Å². The Balaban J connectivity index is 0.000000163. The zero-order valence-electron chi connectivity index (χ0n) is 80.7. The number of para-hydroxylation sites is 3. The molecule has 4 aliphatic heterocycles. The number of hydrogen-bond donors (Lipinski definition) is 0. The summed E-state index contributed by atoms with van der Waals surface area (Å²) in [5, 5.41) is 2.99. The van der Waals surface area contributed by atoms with Gasteiger partial charge in [-0.2, -0.15) is 13.2 Å². The lowest BCUT2D eigenvalue weighted by atomic mass is 10.1. The Labute approximate surface area is 845 Å². The van der Waals surface area contributed by atoms with Crippen LogP contribution in [0.3, 0.4) is 0 Å². The Morgan fingerprint density at radius 2 is 0.694 bits per heavy atom. The Hall–Kier alpha value is -14.0. The lowest BCUT2D eigenvalue weighted by Crippen LogP contribution is -2.50. The van der Waals surface area contributed by atoms with Crippen molar-refractivity contribution in [3.8, 4) is 51.6 Å². The van der Waals surface area contributed by atoms with Crippen LogP contribution >= 0.6 is 34.8 Å². The van der Waals surface area contributed by atoms with Crippen molar-refractivity contribution in [3.63, 3.8) is 0 Å². The highest BCUT2D eigenvalue weighted by molar-refractivity contribution is 6.31.